The Morgan fingerprint density at radius 3 is 2.45 bits per heavy atom. The first-order valence-corrected chi connectivity index (χ1v) is 6.76. The summed E-state index contributed by atoms with van der Waals surface area (Å²) < 4.78 is 0. The second-order valence-corrected chi connectivity index (χ2v) is 5.85. The molecule has 0 radical (unpaired) electrons. The van der Waals surface area contributed by atoms with Crippen molar-refractivity contribution in [1.29, 1.82) is 0 Å². The number of primary amides is 1. The maximum Gasteiger partial charge on any atom is 0.329 e. The van der Waals surface area contributed by atoms with Crippen molar-refractivity contribution in [2.24, 2.45) is 11.1 Å². The second kappa shape index (κ2) is 5.68. The molecule has 114 valence electrons. The van der Waals surface area contributed by atoms with Gasteiger partial charge in [0.25, 0.3) is 0 Å². The fraction of sp³-hybridized carbons (Fsp3) is 0.769. The molecule has 1 saturated heterocycles. The fourth-order valence-corrected chi connectivity index (χ4v) is 2.39. The molecule has 0 bridgehead atoms. The highest BCUT2D eigenvalue weighted by molar-refractivity contribution is 5.87. The van der Waals surface area contributed by atoms with Crippen LogP contribution in [-0.4, -0.2) is 46.5 Å². The molecular weight excluding hydrogens is 262 g/mol. The van der Waals surface area contributed by atoms with Gasteiger partial charge in [-0.2, -0.15) is 0 Å². The van der Waals surface area contributed by atoms with E-state index in [2.05, 4.69) is 5.32 Å². The Bertz CT molecular complexity index is 422. The van der Waals surface area contributed by atoms with E-state index < -0.39 is 28.9 Å². The molecule has 0 aromatic heterocycles. The molecule has 1 aliphatic rings. The zero-order chi connectivity index (χ0) is 15.6. The lowest BCUT2D eigenvalue weighted by atomic mass is 9.92. The average molecular weight is 285 g/mol. The third-order valence-electron chi connectivity index (χ3n) is 4.07. The molecule has 7 heteroatoms. The number of nitrogens with one attached hydrogen (secondary N) is 1. The summed E-state index contributed by atoms with van der Waals surface area (Å²) in [6.07, 6.45) is 1.47. The maximum absolute atomic E-state index is 12.2. The smallest absolute Gasteiger partial charge is 0.329 e. The molecule has 1 rings (SSSR count). The van der Waals surface area contributed by atoms with Crippen molar-refractivity contribution in [3.05, 3.63) is 0 Å². The van der Waals surface area contributed by atoms with Gasteiger partial charge >= 0.3 is 12.0 Å². The molecule has 0 saturated carbocycles. The number of nitrogens with zero attached hydrogens (tertiary/aromatic N) is 1. The predicted octanol–water partition coefficient (Wildman–Crippen LogP) is 0.537. The van der Waals surface area contributed by atoms with Crippen LogP contribution in [0.15, 0.2) is 0 Å². The molecule has 0 aliphatic carbocycles. The topological polar surface area (TPSA) is 113 Å². The van der Waals surface area contributed by atoms with Gasteiger partial charge in [-0.15, -0.1) is 0 Å². The Morgan fingerprint density at radius 2 is 2.00 bits per heavy atom. The SMILES string of the molecule is CCC1(C(=O)O)CCCN1C(=O)NCC(C)(C)C(N)=O. The van der Waals surface area contributed by atoms with E-state index in [0.29, 0.717) is 25.8 Å². The van der Waals surface area contributed by atoms with E-state index in [1.807, 2.05) is 0 Å². The van der Waals surface area contributed by atoms with E-state index in [-0.39, 0.29) is 6.54 Å². The molecule has 1 fully saturated rings. The minimum Gasteiger partial charge on any atom is -0.479 e. The van der Waals surface area contributed by atoms with Crippen LogP contribution in [0.25, 0.3) is 0 Å². The third-order valence-corrected chi connectivity index (χ3v) is 4.07. The zero-order valence-electron chi connectivity index (χ0n) is 12.2. The molecule has 4 N–H and O–H groups in total. The number of hydrogen-bond donors (Lipinski definition) is 3. The van der Waals surface area contributed by atoms with Gasteiger partial charge in [0.1, 0.15) is 5.54 Å². The molecule has 1 atom stereocenters. The largest absolute Gasteiger partial charge is 0.479 e. The molecule has 20 heavy (non-hydrogen) atoms. The number of likely N-dealkylation sites (tertiary alicyclic amines) is 1. The van der Waals surface area contributed by atoms with Crippen molar-refractivity contribution < 1.29 is 19.5 Å². The van der Waals surface area contributed by atoms with Gasteiger partial charge in [0.2, 0.25) is 5.91 Å². The summed E-state index contributed by atoms with van der Waals surface area (Å²) in [5, 5.41) is 12.0. The molecule has 0 aromatic carbocycles. The minimum atomic E-state index is -1.14. The number of carboxylic acids is 1. The summed E-state index contributed by atoms with van der Waals surface area (Å²) in [6, 6.07) is -0.457. The van der Waals surface area contributed by atoms with Gasteiger partial charge in [0.15, 0.2) is 0 Å². The van der Waals surface area contributed by atoms with Gasteiger partial charge in [0.05, 0.1) is 5.41 Å². The number of carboxylic acid groups (broad SMARTS) is 1. The number of amides is 3. The van der Waals surface area contributed by atoms with Crippen LogP contribution in [0.1, 0.15) is 40.0 Å². The monoisotopic (exact) mass is 285 g/mol. The lowest BCUT2D eigenvalue weighted by molar-refractivity contribution is -0.148. The Kier molecular flexibility index (Phi) is 4.62. The zero-order valence-corrected chi connectivity index (χ0v) is 12.2. The van der Waals surface area contributed by atoms with E-state index >= 15 is 0 Å². The van der Waals surface area contributed by atoms with Gasteiger partial charge in [-0.25, -0.2) is 9.59 Å². The standard InChI is InChI=1S/C13H23N3O4/c1-4-13(10(18)19)6-5-7-16(13)11(20)15-8-12(2,3)9(14)17/h4-8H2,1-3H3,(H2,14,17)(H,15,20)(H,18,19). The second-order valence-electron chi connectivity index (χ2n) is 5.85. The van der Waals surface area contributed by atoms with Crippen LogP contribution in [0.5, 0.6) is 0 Å². The number of rotatable bonds is 5. The van der Waals surface area contributed by atoms with E-state index in [0.717, 1.165) is 0 Å². The van der Waals surface area contributed by atoms with Crippen LogP contribution in [0.2, 0.25) is 0 Å². The Balaban J connectivity index is 2.77. The van der Waals surface area contributed by atoms with Crippen molar-refractivity contribution >= 4 is 17.9 Å². The van der Waals surface area contributed by atoms with E-state index in [9.17, 15) is 19.5 Å². The molecule has 7 nitrogen and oxygen atoms in total. The Morgan fingerprint density at radius 1 is 1.40 bits per heavy atom. The number of hydrogen-bond acceptors (Lipinski definition) is 3. The van der Waals surface area contributed by atoms with E-state index in [1.54, 1.807) is 20.8 Å². The van der Waals surface area contributed by atoms with Gasteiger partial charge in [-0.05, 0) is 33.1 Å². The van der Waals surface area contributed by atoms with Crippen LogP contribution >= 0.6 is 0 Å². The van der Waals surface area contributed by atoms with Gasteiger partial charge < -0.3 is 21.1 Å². The summed E-state index contributed by atoms with van der Waals surface area (Å²) >= 11 is 0. The molecule has 1 aliphatic heterocycles. The molecule has 0 spiro atoms. The molecule has 0 aromatic rings. The maximum atomic E-state index is 12.2. The first-order chi connectivity index (χ1) is 9.17. The summed E-state index contributed by atoms with van der Waals surface area (Å²) in [4.78, 5) is 36.2. The normalized spacial score (nSPS) is 22.6. The highest BCUT2D eigenvalue weighted by atomic mass is 16.4. The lowest BCUT2D eigenvalue weighted by Crippen LogP contribution is -2.57. The number of nitrogens with two attached hydrogens (primary N) is 1. The third kappa shape index (κ3) is 2.86. The molecule has 1 heterocycles. The van der Waals surface area contributed by atoms with Crippen LogP contribution in [0.3, 0.4) is 0 Å². The highest BCUT2D eigenvalue weighted by Crippen LogP contribution is 2.32. The van der Waals surface area contributed by atoms with Crippen molar-refractivity contribution in [2.45, 2.75) is 45.6 Å². The van der Waals surface area contributed by atoms with Crippen molar-refractivity contribution in [3.8, 4) is 0 Å². The molecular formula is C13H23N3O4. The minimum absolute atomic E-state index is 0.0804. The van der Waals surface area contributed by atoms with Crippen LogP contribution in [0, 0.1) is 5.41 Å². The van der Waals surface area contributed by atoms with Crippen molar-refractivity contribution in [3.63, 3.8) is 0 Å². The number of urea groups is 1. The van der Waals surface area contributed by atoms with Crippen LogP contribution < -0.4 is 11.1 Å². The van der Waals surface area contributed by atoms with Crippen molar-refractivity contribution in [1.82, 2.24) is 10.2 Å². The summed E-state index contributed by atoms with van der Waals surface area (Å²) in [7, 11) is 0. The first-order valence-electron chi connectivity index (χ1n) is 6.76. The summed E-state index contributed by atoms with van der Waals surface area (Å²) in [5.74, 6) is -1.50. The number of carbonyl (C=O) groups excluding carboxylic acids is 2. The molecule has 3 amide bonds. The van der Waals surface area contributed by atoms with Gasteiger partial charge in [-0.3, -0.25) is 4.79 Å². The highest BCUT2D eigenvalue weighted by Gasteiger charge is 2.48. The number of aliphatic carboxylic acids is 1. The lowest BCUT2D eigenvalue weighted by Gasteiger charge is -2.34. The molecule has 1 unspecified atom stereocenters. The number of carbonyl (C=O) groups is 3. The van der Waals surface area contributed by atoms with Crippen molar-refractivity contribution in [2.75, 3.05) is 13.1 Å². The van der Waals surface area contributed by atoms with Gasteiger partial charge in [-0.1, -0.05) is 6.92 Å². The van der Waals surface area contributed by atoms with E-state index in [4.69, 9.17) is 5.73 Å². The van der Waals surface area contributed by atoms with Crippen LogP contribution in [-0.2, 0) is 9.59 Å². The Labute approximate surface area is 118 Å². The van der Waals surface area contributed by atoms with Gasteiger partial charge in [0, 0.05) is 13.1 Å². The fourth-order valence-electron chi connectivity index (χ4n) is 2.39. The Hall–Kier alpha value is -1.79. The quantitative estimate of drug-likeness (QED) is 0.684. The first kappa shape index (κ1) is 16.3. The van der Waals surface area contributed by atoms with Crippen LogP contribution in [0.4, 0.5) is 4.79 Å². The van der Waals surface area contributed by atoms with E-state index in [1.165, 1.54) is 4.90 Å². The predicted molar refractivity (Wildman–Crippen MR) is 73.0 cm³/mol. The summed E-state index contributed by atoms with van der Waals surface area (Å²) in [5.41, 5.74) is 3.23. The average Bonchev–Trinajstić information content (AvgIpc) is 2.80. The summed E-state index contributed by atoms with van der Waals surface area (Å²) in [6.45, 7) is 5.50.